The van der Waals surface area contributed by atoms with Crippen LogP contribution in [-0.2, 0) is 11.3 Å². The molecule has 26 heavy (non-hydrogen) atoms. The predicted molar refractivity (Wildman–Crippen MR) is 91.2 cm³/mol. The second kappa shape index (κ2) is 5.94. The van der Waals surface area contributed by atoms with Crippen molar-refractivity contribution in [3.8, 4) is 5.69 Å². The zero-order valence-electron chi connectivity index (χ0n) is 14.8. The standard InChI is InChI=1S/C17H18N4O5/c1-17(2,3)26-16(23)14-13-8-19(4)15(22)11-7-10(21(24)25)5-6-12(11)20(13)9-18-14/h5-7,9H,8H2,1-4H3. The van der Waals surface area contributed by atoms with Gasteiger partial charge in [0.1, 0.15) is 11.9 Å². The maximum atomic E-state index is 12.6. The van der Waals surface area contributed by atoms with Gasteiger partial charge in [-0.3, -0.25) is 19.5 Å². The Kier molecular flexibility index (Phi) is 4.02. The first-order valence-corrected chi connectivity index (χ1v) is 7.92. The number of rotatable bonds is 2. The molecule has 9 nitrogen and oxygen atoms in total. The van der Waals surface area contributed by atoms with Gasteiger partial charge in [0, 0.05) is 19.2 Å². The van der Waals surface area contributed by atoms with Crippen molar-refractivity contribution < 1.29 is 19.2 Å². The summed E-state index contributed by atoms with van der Waals surface area (Å²) in [6.07, 6.45) is 1.42. The summed E-state index contributed by atoms with van der Waals surface area (Å²) in [6.45, 7) is 5.38. The van der Waals surface area contributed by atoms with E-state index >= 15 is 0 Å². The SMILES string of the molecule is CN1Cc2c(C(=O)OC(C)(C)C)ncn2-c2ccc([N+](=O)[O-])cc2C1=O. The number of carbonyl (C=O) groups excluding carboxylic acids is 2. The van der Waals surface area contributed by atoms with Crippen LogP contribution in [0.15, 0.2) is 24.5 Å². The second-order valence-corrected chi connectivity index (χ2v) is 7.03. The maximum Gasteiger partial charge on any atom is 0.359 e. The summed E-state index contributed by atoms with van der Waals surface area (Å²) in [7, 11) is 1.56. The molecule has 0 atom stereocenters. The molecule has 1 aliphatic rings. The lowest BCUT2D eigenvalue weighted by Gasteiger charge is -2.19. The molecular formula is C17H18N4O5. The first-order chi connectivity index (χ1) is 12.1. The molecule has 0 aliphatic carbocycles. The molecule has 0 saturated carbocycles. The van der Waals surface area contributed by atoms with E-state index in [1.807, 2.05) is 0 Å². The predicted octanol–water partition coefficient (Wildman–Crippen LogP) is 2.32. The Bertz CT molecular complexity index is 926. The zero-order valence-corrected chi connectivity index (χ0v) is 14.8. The summed E-state index contributed by atoms with van der Waals surface area (Å²) < 4.78 is 6.98. The van der Waals surface area contributed by atoms with E-state index in [4.69, 9.17) is 4.74 Å². The van der Waals surface area contributed by atoms with Crippen molar-refractivity contribution >= 4 is 17.6 Å². The van der Waals surface area contributed by atoms with Gasteiger partial charge < -0.3 is 9.64 Å². The van der Waals surface area contributed by atoms with E-state index in [9.17, 15) is 19.7 Å². The normalized spacial score (nSPS) is 13.7. The fourth-order valence-electron chi connectivity index (χ4n) is 2.75. The molecule has 0 spiro atoms. The number of benzene rings is 1. The zero-order chi connectivity index (χ0) is 19.2. The van der Waals surface area contributed by atoms with Crippen molar-refractivity contribution in [1.82, 2.24) is 14.5 Å². The van der Waals surface area contributed by atoms with Crippen LogP contribution in [0.3, 0.4) is 0 Å². The number of amides is 1. The number of nitro groups is 1. The van der Waals surface area contributed by atoms with Gasteiger partial charge in [-0.2, -0.15) is 0 Å². The van der Waals surface area contributed by atoms with E-state index < -0.39 is 16.5 Å². The topological polar surface area (TPSA) is 108 Å². The Balaban J connectivity index is 2.14. The van der Waals surface area contributed by atoms with Crippen molar-refractivity contribution in [3.63, 3.8) is 0 Å². The van der Waals surface area contributed by atoms with Crippen LogP contribution in [0.1, 0.15) is 47.3 Å². The van der Waals surface area contributed by atoms with Crippen LogP contribution in [-0.4, -0.2) is 43.9 Å². The van der Waals surface area contributed by atoms with Crippen molar-refractivity contribution in [1.29, 1.82) is 0 Å². The summed E-state index contributed by atoms with van der Waals surface area (Å²) in [6, 6.07) is 4.03. The van der Waals surface area contributed by atoms with Crippen LogP contribution < -0.4 is 0 Å². The van der Waals surface area contributed by atoms with Crippen LogP contribution >= 0.6 is 0 Å². The Hall–Kier alpha value is -3.23. The average molecular weight is 358 g/mol. The summed E-state index contributed by atoms with van der Waals surface area (Å²) >= 11 is 0. The third-order valence-corrected chi connectivity index (χ3v) is 3.87. The first kappa shape index (κ1) is 17.6. The number of ether oxygens (including phenoxy) is 1. The summed E-state index contributed by atoms with van der Waals surface area (Å²) in [5.41, 5.74) is 0.351. The van der Waals surface area contributed by atoms with Crippen molar-refractivity contribution in [2.24, 2.45) is 0 Å². The number of aromatic nitrogens is 2. The summed E-state index contributed by atoms with van der Waals surface area (Å²) in [4.78, 5) is 41.1. The smallest absolute Gasteiger partial charge is 0.359 e. The third kappa shape index (κ3) is 3.03. The van der Waals surface area contributed by atoms with Crippen molar-refractivity contribution in [2.75, 3.05) is 7.05 Å². The van der Waals surface area contributed by atoms with E-state index in [0.29, 0.717) is 11.4 Å². The molecule has 0 bridgehead atoms. The number of non-ortho nitro benzene ring substituents is 1. The molecule has 0 radical (unpaired) electrons. The second-order valence-electron chi connectivity index (χ2n) is 7.03. The van der Waals surface area contributed by atoms with Gasteiger partial charge in [-0.05, 0) is 26.8 Å². The molecule has 0 saturated heterocycles. The Labute approximate surface area is 149 Å². The van der Waals surface area contributed by atoms with Gasteiger partial charge in [0.05, 0.1) is 28.4 Å². The van der Waals surface area contributed by atoms with Gasteiger partial charge in [-0.25, -0.2) is 9.78 Å². The van der Waals surface area contributed by atoms with Gasteiger partial charge in [0.2, 0.25) is 0 Å². The highest BCUT2D eigenvalue weighted by molar-refractivity contribution is 5.99. The van der Waals surface area contributed by atoms with Gasteiger partial charge in [0.15, 0.2) is 5.69 Å². The fourth-order valence-corrected chi connectivity index (χ4v) is 2.75. The molecule has 0 N–H and O–H groups in total. The van der Waals surface area contributed by atoms with Gasteiger partial charge in [0.25, 0.3) is 11.6 Å². The number of carbonyl (C=O) groups is 2. The summed E-state index contributed by atoms with van der Waals surface area (Å²) in [5.74, 6) is -0.958. The Morgan fingerprint density at radius 2 is 2.04 bits per heavy atom. The van der Waals surface area contributed by atoms with E-state index in [1.54, 1.807) is 32.4 Å². The molecule has 136 valence electrons. The average Bonchev–Trinajstić information content (AvgIpc) is 2.91. The van der Waals surface area contributed by atoms with Crippen molar-refractivity contribution in [3.05, 3.63) is 51.6 Å². The number of hydrogen-bond donors (Lipinski definition) is 0. The van der Waals surface area contributed by atoms with Crippen LogP contribution in [0, 0.1) is 10.1 Å². The van der Waals surface area contributed by atoms with Crippen LogP contribution in [0.5, 0.6) is 0 Å². The van der Waals surface area contributed by atoms with Crippen molar-refractivity contribution in [2.45, 2.75) is 32.9 Å². The number of fused-ring (bicyclic) bond motifs is 3. The number of nitro benzene ring substituents is 1. The quantitative estimate of drug-likeness (QED) is 0.463. The maximum absolute atomic E-state index is 12.6. The summed E-state index contributed by atoms with van der Waals surface area (Å²) in [5, 5.41) is 11.0. The molecule has 3 rings (SSSR count). The largest absolute Gasteiger partial charge is 0.455 e. The molecular weight excluding hydrogens is 340 g/mol. The van der Waals surface area contributed by atoms with E-state index in [1.165, 1.54) is 29.4 Å². The molecule has 2 heterocycles. The van der Waals surface area contributed by atoms with Crippen LogP contribution in [0.2, 0.25) is 0 Å². The molecule has 1 amide bonds. The monoisotopic (exact) mass is 358 g/mol. The van der Waals surface area contributed by atoms with Crippen LogP contribution in [0.4, 0.5) is 5.69 Å². The van der Waals surface area contributed by atoms with E-state index in [0.717, 1.165) is 0 Å². The minimum Gasteiger partial charge on any atom is -0.455 e. The molecule has 0 unspecified atom stereocenters. The van der Waals surface area contributed by atoms with E-state index in [-0.39, 0.29) is 29.4 Å². The Morgan fingerprint density at radius 1 is 1.35 bits per heavy atom. The van der Waals surface area contributed by atoms with Gasteiger partial charge >= 0.3 is 5.97 Å². The minimum absolute atomic E-state index is 0.116. The number of hydrogen-bond acceptors (Lipinski definition) is 6. The number of esters is 1. The molecule has 1 aliphatic heterocycles. The lowest BCUT2D eigenvalue weighted by Crippen LogP contribution is -2.27. The van der Waals surface area contributed by atoms with E-state index in [2.05, 4.69) is 4.98 Å². The lowest BCUT2D eigenvalue weighted by atomic mass is 10.1. The first-order valence-electron chi connectivity index (χ1n) is 7.92. The fraction of sp³-hybridized carbons (Fsp3) is 0.353. The lowest BCUT2D eigenvalue weighted by molar-refractivity contribution is -0.384. The number of imidazole rings is 1. The molecule has 9 heteroatoms. The highest BCUT2D eigenvalue weighted by atomic mass is 16.6. The molecule has 1 aromatic heterocycles. The minimum atomic E-state index is -0.682. The third-order valence-electron chi connectivity index (χ3n) is 3.87. The highest BCUT2D eigenvalue weighted by Gasteiger charge is 2.31. The molecule has 0 fully saturated rings. The molecule has 2 aromatic rings. The Morgan fingerprint density at radius 3 is 2.65 bits per heavy atom. The molecule has 1 aromatic carbocycles. The van der Waals surface area contributed by atoms with Gasteiger partial charge in [-0.15, -0.1) is 0 Å². The number of nitrogens with zero attached hydrogens (tertiary/aromatic N) is 4. The van der Waals surface area contributed by atoms with Crippen LogP contribution in [0.25, 0.3) is 5.69 Å². The van der Waals surface area contributed by atoms with Gasteiger partial charge in [-0.1, -0.05) is 0 Å². The highest BCUT2D eigenvalue weighted by Crippen LogP contribution is 2.29.